The van der Waals surface area contributed by atoms with Crippen LogP contribution in [0.25, 0.3) is 0 Å². The second kappa shape index (κ2) is 10.3. The van der Waals surface area contributed by atoms with Gasteiger partial charge < -0.3 is 15.5 Å². The zero-order valence-corrected chi connectivity index (χ0v) is 18.9. The molecule has 1 aromatic carbocycles. The second-order valence-electron chi connectivity index (χ2n) is 8.65. The zero-order chi connectivity index (χ0) is 21.5. The van der Waals surface area contributed by atoms with Gasteiger partial charge in [0, 0.05) is 44.2 Å². The molecule has 0 radical (unpaired) electrons. The maximum atomic E-state index is 13.6. The summed E-state index contributed by atoms with van der Waals surface area (Å²) in [5, 5.41) is 6.78. The summed E-state index contributed by atoms with van der Waals surface area (Å²) >= 11 is 0. The van der Waals surface area contributed by atoms with Gasteiger partial charge in [0.1, 0.15) is 15.7 Å². The molecule has 2 rings (SSSR count). The topological polar surface area (TPSA) is 73.8 Å². The van der Waals surface area contributed by atoms with Crippen molar-refractivity contribution in [2.75, 3.05) is 43.1 Å². The minimum absolute atomic E-state index is 0.171. The van der Waals surface area contributed by atoms with E-state index >= 15 is 0 Å². The van der Waals surface area contributed by atoms with E-state index in [0.717, 1.165) is 44.1 Å². The molecule has 1 fully saturated rings. The Hall–Kier alpha value is -1.83. The van der Waals surface area contributed by atoms with Gasteiger partial charge in [-0.3, -0.25) is 4.99 Å². The molecule has 164 valence electrons. The normalized spacial score (nSPS) is 18.6. The van der Waals surface area contributed by atoms with Crippen molar-refractivity contribution in [1.82, 2.24) is 10.6 Å². The maximum absolute atomic E-state index is 13.6. The number of hydrogen-bond acceptors (Lipinski definition) is 4. The highest BCUT2D eigenvalue weighted by atomic mass is 32.2. The molecule has 29 heavy (non-hydrogen) atoms. The molecule has 1 saturated heterocycles. The Morgan fingerprint density at radius 1 is 1.38 bits per heavy atom. The van der Waals surface area contributed by atoms with Crippen LogP contribution in [0.15, 0.2) is 29.3 Å². The lowest BCUT2D eigenvalue weighted by atomic mass is 9.90. The van der Waals surface area contributed by atoms with Gasteiger partial charge in [0.15, 0.2) is 5.96 Å². The Labute approximate surface area is 174 Å². The number of hydrogen-bond donors (Lipinski definition) is 2. The van der Waals surface area contributed by atoms with E-state index in [9.17, 15) is 12.8 Å². The molecule has 6 nitrogen and oxygen atoms in total. The van der Waals surface area contributed by atoms with Crippen molar-refractivity contribution in [2.45, 2.75) is 46.1 Å². The van der Waals surface area contributed by atoms with Crippen LogP contribution < -0.4 is 15.5 Å². The highest BCUT2D eigenvalue weighted by molar-refractivity contribution is 7.90. The Morgan fingerprint density at radius 2 is 2.14 bits per heavy atom. The van der Waals surface area contributed by atoms with Crippen molar-refractivity contribution in [3.63, 3.8) is 0 Å². The van der Waals surface area contributed by atoms with E-state index in [1.807, 2.05) is 26.8 Å². The predicted octanol–water partition coefficient (Wildman–Crippen LogP) is 2.81. The van der Waals surface area contributed by atoms with Crippen molar-refractivity contribution >= 4 is 21.5 Å². The number of benzene rings is 1. The Bertz CT molecular complexity index is 796. The largest absolute Gasteiger partial charge is 0.369 e. The van der Waals surface area contributed by atoms with Gasteiger partial charge in [-0.1, -0.05) is 19.9 Å². The lowest BCUT2D eigenvalue weighted by Gasteiger charge is -2.35. The fourth-order valence-electron chi connectivity index (χ4n) is 3.35. The second-order valence-corrected chi connectivity index (χ2v) is 10.9. The lowest BCUT2D eigenvalue weighted by Crippen LogP contribution is -2.51. The average Bonchev–Trinajstić information content (AvgIpc) is 2.65. The van der Waals surface area contributed by atoms with Crippen molar-refractivity contribution in [2.24, 2.45) is 10.4 Å². The third-order valence-corrected chi connectivity index (χ3v) is 6.04. The summed E-state index contributed by atoms with van der Waals surface area (Å²) in [6.45, 7) is 9.08. The highest BCUT2D eigenvalue weighted by Crippen LogP contribution is 2.22. The van der Waals surface area contributed by atoms with Crippen molar-refractivity contribution < 1.29 is 12.8 Å². The average molecular weight is 427 g/mol. The molecule has 1 atom stereocenters. The molecule has 1 heterocycles. The smallest absolute Gasteiger partial charge is 0.191 e. The van der Waals surface area contributed by atoms with Gasteiger partial charge in [-0.05, 0) is 49.8 Å². The van der Waals surface area contributed by atoms with E-state index in [0.29, 0.717) is 13.0 Å². The van der Waals surface area contributed by atoms with Gasteiger partial charge in [-0.2, -0.15) is 0 Å². The number of aliphatic imine (C=N–C) groups is 1. The summed E-state index contributed by atoms with van der Waals surface area (Å²) in [7, 11) is -2.98. The molecule has 0 amide bonds. The molecule has 1 aliphatic rings. The molecule has 0 bridgehead atoms. The zero-order valence-electron chi connectivity index (χ0n) is 18.0. The van der Waals surface area contributed by atoms with Crippen LogP contribution in [0, 0.1) is 11.2 Å². The Balaban J connectivity index is 1.98. The summed E-state index contributed by atoms with van der Waals surface area (Å²) in [6, 6.07) is 6.93. The molecule has 1 aromatic rings. The van der Waals surface area contributed by atoms with Gasteiger partial charge in [-0.15, -0.1) is 0 Å². The van der Waals surface area contributed by atoms with Gasteiger partial charge in [-0.25, -0.2) is 12.8 Å². The molecule has 1 unspecified atom stereocenters. The van der Waals surface area contributed by atoms with Crippen LogP contribution in [0.1, 0.15) is 40.0 Å². The van der Waals surface area contributed by atoms with Crippen LogP contribution in [0.4, 0.5) is 10.1 Å². The quantitative estimate of drug-likeness (QED) is 0.494. The molecular formula is C21H35FN4O2S. The number of nitrogens with zero attached hydrogens (tertiary/aromatic N) is 2. The van der Waals surface area contributed by atoms with Crippen LogP contribution in [-0.2, 0) is 9.84 Å². The Kier molecular flexibility index (Phi) is 8.31. The van der Waals surface area contributed by atoms with Crippen molar-refractivity contribution in [3.05, 3.63) is 30.1 Å². The van der Waals surface area contributed by atoms with Gasteiger partial charge in [0.25, 0.3) is 0 Å². The number of halogens is 1. The number of rotatable bonds is 8. The molecule has 2 N–H and O–H groups in total. The van der Waals surface area contributed by atoms with Crippen LogP contribution in [0.3, 0.4) is 0 Å². The first-order chi connectivity index (χ1) is 13.6. The number of sulfone groups is 1. The first-order valence-corrected chi connectivity index (χ1v) is 12.4. The van der Waals surface area contributed by atoms with Gasteiger partial charge >= 0.3 is 0 Å². The minimum atomic E-state index is -2.98. The maximum Gasteiger partial charge on any atom is 0.191 e. The highest BCUT2D eigenvalue weighted by Gasteiger charge is 2.23. The van der Waals surface area contributed by atoms with Gasteiger partial charge in [0.05, 0.1) is 5.75 Å². The lowest BCUT2D eigenvalue weighted by molar-refractivity contribution is 0.364. The molecule has 0 saturated carbocycles. The molecule has 0 aromatic heterocycles. The standard InChI is InChI=1S/C21H35FN4O2S/c1-5-23-20(24-16-21(2,3)11-13-29(4,27)28)25-18-9-7-12-26(15-18)19-10-6-8-17(22)14-19/h6,8,10,14,18H,5,7,9,11-13,15-16H2,1-4H3,(H2,23,24,25). The minimum Gasteiger partial charge on any atom is -0.369 e. The van der Waals surface area contributed by atoms with E-state index in [4.69, 9.17) is 4.99 Å². The number of nitrogens with one attached hydrogen (secondary N) is 2. The fraction of sp³-hybridized carbons (Fsp3) is 0.667. The van der Waals surface area contributed by atoms with Crippen LogP contribution in [-0.4, -0.2) is 58.6 Å². The third kappa shape index (κ3) is 8.60. The molecule has 1 aliphatic heterocycles. The van der Waals surface area contributed by atoms with Crippen LogP contribution >= 0.6 is 0 Å². The summed E-state index contributed by atoms with van der Waals surface area (Å²) in [5.41, 5.74) is 0.700. The van der Waals surface area contributed by atoms with Gasteiger partial charge in [0.2, 0.25) is 0 Å². The third-order valence-electron chi connectivity index (χ3n) is 5.09. The van der Waals surface area contributed by atoms with Crippen molar-refractivity contribution in [3.8, 4) is 0 Å². The first kappa shape index (κ1) is 23.4. The number of guanidine groups is 1. The predicted molar refractivity (Wildman–Crippen MR) is 119 cm³/mol. The van der Waals surface area contributed by atoms with E-state index in [-0.39, 0.29) is 23.0 Å². The number of piperidine rings is 1. The van der Waals surface area contributed by atoms with E-state index in [2.05, 4.69) is 15.5 Å². The monoisotopic (exact) mass is 426 g/mol. The molecular weight excluding hydrogens is 391 g/mol. The molecule has 0 spiro atoms. The van der Waals surface area contributed by atoms with E-state index in [1.165, 1.54) is 12.3 Å². The number of anilines is 1. The summed E-state index contributed by atoms with van der Waals surface area (Å²) in [6.07, 6.45) is 3.89. The van der Waals surface area contributed by atoms with Crippen molar-refractivity contribution in [1.29, 1.82) is 0 Å². The van der Waals surface area contributed by atoms with Crippen LogP contribution in [0.2, 0.25) is 0 Å². The summed E-state index contributed by atoms with van der Waals surface area (Å²) in [5.74, 6) is 0.694. The van der Waals surface area contributed by atoms with E-state index < -0.39 is 9.84 Å². The summed E-state index contributed by atoms with van der Waals surface area (Å²) < 4.78 is 36.5. The fourth-order valence-corrected chi connectivity index (χ4v) is 4.27. The van der Waals surface area contributed by atoms with Crippen LogP contribution in [0.5, 0.6) is 0 Å². The molecule has 0 aliphatic carbocycles. The first-order valence-electron chi connectivity index (χ1n) is 10.3. The van der Waals surface area contributed by atoms with E-state index in [1.54, 1.807) is 12.1 Å². The summed E-state index contributed by atoms with van der Waals surface area (Å²) in [4.78, 5) is 6.91. The Morgan fingerprint density at radius 3 is 2.79 bits per heavy atom. The molecule has 8 heteroatoms. The SMILES string of the molecule is CCNC(=NCC(C)(C)CCS(C)(=O)=O)NC1CCCN(c2cccc(F)c2)C1.